The van der Waals surface area contributed by atoms with E-state index in [4.69, 9.17) is 0 Å². The van der Waals surface area contributed by atoms with Crippen LogP contribution >= 0.6 is 0 Å². The van der Waals surface area contributed by atoms with Gasteiger partial charge in [0.2, 0.25) is 0 Å². The van der Waals surface area contributed by atoms with Crippen LogP contribution in [-0.2, 0) is 0 Å². The van der Waals surface area contributed by atoms with E-state index < -0.39 is 18.4 Å². The van der Waals surface area contributed by atoms with Gasteiger partial charge in [0.05, 0.1) is 0 Å². The Kier molecular flexibility index (Phi) is 10.0. The first-order chi connectivity index (χ1) is 11.1. The van der Waals surface area contributed by atoms with Gasteiger partial charge in [-0.3, -0.25) is 0 Å². The number of phenols is 1. The molecule has 0 aliphatic heterocycles. The number of hydrogen-bond donors (Lipinski definition) is 1. The van der Waals surface area contributed by atoms with Gasteiger partial charge in [0.15, 0.2) is 0 Å². The van der Waals surface area contributed by atoms with Crippen LogP contribution in [0.3, 0.4) is 0 Å². The summed E-state index contributed by atoms with van der Waals surface area (Å²) in [4.78, 5) is 0. The van der Waals surface area contributed by atoms with Crippen LogP contribution in [0.2, 0.25) is 13.3 Å². The van der Waals surface area contributed by atoms with Crippen molar-refractivity contribution >= 4 is 24.5 Å². The van der Waals surface area contributed by atoms with E-state index in [0.717, 1.165) is 0 Å². The van der Waals surface area contributed by atoms with Crippen molar-refractivity contribution in [2.75, 3.05) is 0 Å². The topological polar surface area (TPSA) is 20.2 Å². The van der Waals surface area contributed by atoms with Gasteiger partial charge in [-0.1, -0.05) is 0 Å². The van der Waals surface area contributed by atoms with Gasteiger partial charge in [-0.05, 0) is 0 Å². The maximum absolute atomic E-state index is 9.74. The summed E-state index contributed by atoms with van der Waals surface area (Å²) < 4.78 is 6.23. The molecule has 0 bridgehead atoms. The zero-order valence-electron chi connectivity index (χ0n) is 15.7. The van der Waals surface area contributed by atoms with Crippen LogP contribution in [-0.4, -0.2) is 23.5 Å². The third-order valence-electron chi connectivity index (χ3n) is 5.12. The molecule has 1 rings (SSSR count). The Hall–Kier alpha value is -0.441. The second kappa shape index (κ2) is 11.2. The Morgan fingerprint density at radius 2 is 1.48 bits per heavy atom. The molecule has 0 heterocycles. The van der Waals surface area contributed by atoms with Crippen LogP contribution < -0.4 is 0 Å². The molecule has 2 heteroatoms. The molecule has 0 unspecified atom stereocenters. The summed E-state index contributed by atoms with van der Waals surface area (Å²) in [6.45, 7) is 9.38. The van der Waals surface area contributed by atoms with Gasteiger partial charge < -0.3 is 0 Å². The molecule has 0 saturated carbocycles. The molecular formula is C21H36OSn. The molecule has 1 aromatic rings. The van der Waals surface area contributed by atoms with Gasteiger partial charge in [-0.2, -0.15) is 0 Å². The van der Waals surface area contributed by atoms with E-state index >= 15 is 0 Å². The summed E-state index contributed by atoms with van der Waals surface area (Å²) in [6, 6.07) is 7.74. The summed E-state index contributed by atoms with van der Waals surface area (Å²) in [5.74, 6) is 0.378. The first kappa shape index (κ1) is 20.6. The molecule has 1 N–H and O–H groups in total. The van der Waals surface area contributed by atoms with Crippen LogP contribution in [0.25, 0.3) is 6.08 Å². The minimum absolute atomic E-state index is 0.378. The van der Waals surface area contributed by atoms with Crippen molar-refractivity contribution in [3.05, 3.63) is 33.4 Å². The number of benzene rings is 1. The first-order valence-electron chi connectivity index (χ1n) is 9.55. The average Bonchev–Trinajstić information content (AvgIpc) is 2.54. The molecule has 0 atom stereocenters. The Morgan fingerprint density at radius 3 is 1.91 bits per heavy atom. The van der Waals surface area contributed by atoms with Crippen LogP contribution in [0.5, 0.6) is 5.75 Å². The van der Waals surface area contributed by atoms with E-state index in [9.17, 15) is 5.11 Å². The van der Waals surface area contributed by atoms with Crippen molar-refractivity contribution in [1.29, 1.82) is 0 Å². The van der Waals surface area contributed by atoms with Crippen molar-refractivity contribution in [1.82, 2.24) is 0 Å². The van der Waals surface area contributed by atoms with Gasteiger partial charge in [-0.15, -0.1) is 0 Å². The molecule has 0 fully saturated rings. The molecule has 0 aromatic heterocycles. The van der Waals surface area contributed by atoms with Crippen LogP contribution in [0.15, 0.2) is 27.9 Å². The minimum atomic E-state index is -2.26. The molecule has 0 spiro atoms. The van der Waals surface area contributed by atoms with Gasteiger partial charge in [-0.25, -0.2) is 0 Å². The third-order valence-corrected chi connectivity index (χ3v) is 21.5. The Labute approximate surface area is 148 Å². The van der Waals surface area contributed by atoms with Crippen molar-refractivity contribution in [3.63, 3.8) is 0 Å². The van der Waals surface area contributed by atoms with Gasteiger partial charge in [0, 0.05) is 0 Å². The number of hydrogen-bond acceptors (Lipinski definition) is 1. The van der Waals surface area contributed by atoms with Crippen LogP contribution in [0.4, 0.5) is 0 Å². The molecule has 1 nitrogen and oxygen atoms in total. The summed E-state index contributed by atoms with van der Waals surface area (Å²) >= 11 is -2.26. The summed E-state index contributed by atoms with van der Waals surface area (Å²) in [7, 11) is 0. The molecule has 23 heavy (non-hydrogen) atoms. The number of phenolic OH excluding ortho intramolecular Hbond substituents is 1. The van der Waals surface area contributed by atoms with Crippen molar-refractivity contribution in [2.45, 2.75) is 79.5 Å². The Morgan fingerprint density at radius 1 is 0.957 bits per heavy atom. The number of allylic oxidation sites excluding steroid dienone is 1. The van der Waals surface area contributed by atoms with E-state index in [-0.39, 0.29) is 0 Å². The van der Waals surface area contributed by atoms with Crippen molar-refractivity contribution in [2.24, 2.45) is 0 Å². The summed E-state index contributed by atoms with van der Waals surface area (Å²) in [5, 5.41) is 9.74. The van der Waals surface area contributed by atoms with Crippen LogP contribution in [0.1, 0.15) is 71.8 Å². The fourth-order valence-electron chi connectivity index (χ4n) is 3.53. The standard InChI is InChI=1S/C9H9O.3C4H9.Sn/c1-2-4-8-5-3-6-9(10)7-8;3*1-3-4-2;/h3-7,10H,1H3;3*1,3-4H2,2H3;. The monoisotopic (exact) mass is 424 g/mol. The first-order valence-corrected chi connectivity index (χ1v) is 17.0. The molecule has 1 aromatic carbocycles. The molecule has 0 aliphatic carbocycles. The second-order valence-corrected chi connectivity index (χ2v) is 20.9. The predicted octanol–water partition coefficient (Wildman–Crippen LogP) is 7.18. The van der Waals surface area contributed by atoms with Gasteiger partial charge >= 0.3 is 148 Å². The van der Waals surface area contributed by atoms with Gasteiger partial charge in [0.1, 0.15) is 0 Å². The van der Waals surface area contributed by atoms with E-state index in [0.29, 0.717) is 5.75 Å². The predicted molar refractivity (Wildman–Crippen MR) is 107 cm³/mol. The zero-order valence-corrected chi connectivity index (χ0v) is 18.6. The summed E-state index contributed by atoms with van der Waals surface area (Å²) in [5.41, 5.74) is 1.17. The van der Waals surface area contributed by atoms with E-state index in [2.05, 4.69) is 39.8 Å². The fourth-order valence-corrected chi connectivity index (χ4v) is 19.2. The normalized spacial score (nSPS) is 12.6. The van der Waals surface area contributed by atoms with Crippen molar-refractivity contribution < 1.29 is 5.11 Å². The van der Waals surface area contributed by atoms with E-state index in [1.807, 2.05) is 12.1 Å². The second-order valence-electron chi connectivity index (χ2n) is 7.01. The average molecular weight is 423 g/mol. The molecule has 130 valence electrons. The van der Waals surface area contributed by atoms with Crippen molar-refractivity contribution in [3.8, 4) is 5.75 Å². The zero-order chi connectivity index (χ0) is 17.1. The Balaban J connectivity index is 3.10. The SMILES string of the molecule is CCC[CH2][Sn]([CH2]CCC)([CH2]CCC)/[C](C)=C/c1cccc(O)c1. The van der Waals surface area contributed by atoms with Crippen LogP contribution in [0, 0.1) is 0 Å². The molecule has 0 radical (unpaired) electrons. The fraction of sp³-hybridized carbons (Fsp3) is 0.619. The quantitative estimate of drug-likeness (QED) is 0.374. The maximum atomic E-state index is 9.74. The number of unbranched alkanes of at least 4 members (excludes halogenated alkanes) is 3. The molecule has 0 aliphatic rings. The Bertz CT molecular complexity index is 457. The molecule has 0 amide bonds. The molecular weight excluding hydrogens is 387 g/mol. The number of aromatic hydroxyl groups is 1. The number of rotatable bonds is 11. The van der Waals surface area contributed by atoms with E-state index in [1.165, 1.54) is 57.4 Å². The molecule has 0 saturated heterocycles. The van der Waals surface area contributed by atoms with E-state index in [1.54, 1.807) is 9.66 Å². The summed E-state index contributed by atoms with van der Waals surface area (Å²) in [6.07, 6.45) is 10.5. The van der Waals surface area contributed by atoms with Gasteiger partial charge in [0.25, 0.3) is 0 Å². The third kappa shape index (κ3) is 6.91.